The molecule has 1 aliphatic heterocycles. The Morgan fingerprint density at radius 1 is 1.36 bits per heavy atom. The van der Waals surface area contributed by atoms with Crippen LogP contribution in [-0.4, -0.2) is 59.3 Å². The minimum atomic E-state index is -0.488. The number of ether oxygens (including phenoxy) is 1. The molecule has 3 heterocycles. The molecule has 25 heavy (non-hydrogen) atoms. The monoisotopic (exact) mass is 349 g/mol. The lowest BCUT2D eigenvalue weighted by Crippen LogP contribution is -2.33. The summed E-state index contributed by atoms with van der Waals surface area (Å²) in [4.78, 5) is 30.6. The predicted octanol–water partition coefficient (Wildman–Crippen LogP) is 0.114. The molecule has 0 aromatic carbocycles. The molecule has 2 atom stereocenters. The zero-order valence-corrected chi connectivity index (χ0v) is 14.2. The van der Waals surface area contributed by atoms with E-state index in [9.17, 15) is 9.59 Å². The molecule has 0 bridgehead atoms. The number of likely N-dealkylation sites (tertiary alicyclic amines) is 1. The molecule has 0 spiro atoms. The Morgan fingerprint density at radius 3 is 2.80 bits per heavy atom. The van der Waals surface area contributed by atoms with Gasteiger partial charge in [0, 0.05) is 33.3 Å². The number of hydrogen-bond acceptors (Lipinski definition) is 8. The SMILES string of the molecule is CNC(=O)C1CN(C(=O)c2cc(C)on2)CC1c1nc(COC)no1. The molecular formula is C15H19N5O5. The van der Waals surface area contributed by atoms with Crippen LogP contribution in [0.4, 0.5) is 0 Å². The van der Waals surface area contributed by atoms with Crippen LogP contribution >= 0.6 is 0 Å². The summed E-state index contributed by atoms with van der Waals surface area (Å²) >= 11 is 0. The van der Waals surface area contributed by atoms with Gasteiger partial charge in [0.15, 0.2) is 11.5 Å². The van der Waals surface area contributed by atoms with Crippen molar-refractivity contribution in [3.05, 3.63) is 29.2 Å². The summed E-state index contributed by atoms with van der Waals surface area (Å²) < 4.78 is 15.2. The van der Waals surface area contributed by atoms with Gasteiger partial charge in [0.25, 0.3) is 5.91 Å². The van der Waals surface area contributed by atoms with Gasteiger partial charge in [0.1, 0.15) is 12.4 Å². The third kappa shape index (κ3) is 3.38. The summed E-state index contributed by atoms with van der Waals surface area (Å²) in [6.45, 7) is 2.43. The Labute approximate surface area is 143 Å². The smallest absolute Gasteiger partial charge is 0.276 e. The topological polar surface area (TPSA) is 124 Å². The van der Waals surface area contributed by atoms with E-state index in [0.717, 1.165) is 0 Å². The van der Waals surface area contributed by atoms with E-state index in [1.807, 2.05) is 0 Å². The van der Waals surface area contributed by atoms with Gasteiger partial charge >= 0.3 is 0 Å². The van der Waals surface area contributed by atoms with Crippen molar-refractivity contribution in [1.82, 2.24) is 25.5 Å². The second-order valence-electron chi connectivity index (χ2n) is 5.84. The van der Waals surface area contributed by atoms with E-state index in [-0.39, 0.29) is 37.2 Å². The maximum Gasteiger partial charge on any atom is 0.276 e. The summed E-state index contributed by atoms with van der Waals surface area (Å²) in [6, 6.07) is 1.56. The molecule has 0 radical (unpaired) electrons. The lowest BCUT2D eigenvalue weighted by atomic mass is 9.95. The van der Waals surface area contributed by atoms with Crippen molar-refractivity contribution >= 4 is 11.8 Å². The fourth-order valence-electron chi connectivity index (χ4n) is 2.91. The number of rotatable bonds is 5. The minimum absolute atomic E-state index is 0.192. The van der Waals surface area contributed by atoms with Crippen LogP contribution in [0.1, 0.15) is 33.9 Å². The Kier molecular flexibility index (Phi) is 4.79. The van der Waals surface area contributed by atoms with E-state index < -0.39 is 11.8 Å². The molecule has 2 unspecified atom stereocenters. The second kappa shape index (κ2) is 7.01. The number of aryl methyl sites for hydroxylation is 1. The Hall–Kier alpha value is -2.75. The second-order valence-corrected chi connectivity index (χ2v) is 5.84. The molecule has 2 amide bonds. The number of hydrogen-bond donors (Lipinski definition) is 1. The summed E-state index contributed by atoms with van der Waals surface area (Å²) in [5.74, 6) is -0.124. The molecule has 0 aliphatic carbocycles. The summed E-state index contributed by atoms with van der Waals surface area (Å²) in [5, 5.41) is 10.2. The van der Waals surface area contributed by atoms with Crippen LogP contribution in [-0.2, 0) is 16.1 Å². The maximum absolute atomic E-state index is 12.6. The Morgan fingerprint density at radius 2 is 2.16 bits per heavy atom. The first-order chi connectivity index (χ1) is 12.0. The highest BCUT2D eigenvalue weighted by Gasteiger charge is 2.43. The van der Waals surface area contributed by atoms with Gasteiger partial charge in [-0.25, -0.2) is 0 Å². The third-order valence-electron chi connectivity index (χ3n) is 4.11. The molecule has 0 saturated carbocycles. The van der Waals surface area contributed by atoms with E-state index in [1.54, 1.807) is 24.9 Å². The number of amides is 2. The van der Waals surface area contributed by atoms with Gasteiger partial charge in [-0.3, -0.25) is 9.59 Å². The molecule has 1 fully saturated rings. The Balaban J connectivity index is 1.82. The van der Waals surface area contributed by atoms with Crippen molar-refractivity contribution in [3.63, 3.8) is 0 Å². The first kappa shape index (κ1) is 17.1. The van der Waals surface area contributed by atoms with Crippen LogP contribution in [0.2, 0.25) is 0 Å². The van der Waals surface area contributed by atoms with E-state index in [1.165, 1.54) is 7.11 Å². The van der Waals surface area contributed by atoms with Gasteiger partial charge in [-0.2, -0.15) is 4.98 Å². The number of aromatic nitrogens is 3. The van der Waals surface area contributed by atoms with Crippen molar-refractivity contribution in [1.29, 1.82) is 0 Å². The van der Waals surface area contributed by atoms with Crippen molar-refractivity contribution in [3.8, 4) is 0 Å². The summed E-state index contributed by atoms with van der Waals surface area (Å²) in [5.41, 5.74) is 0.208. The largest absolute Gasteiger partial charge is 0.377 e. The van der Waals surface area contributed by atoms with Crippen LogP contribution in [0.3, 0.4) is 0 Å². The van der Waals surface area contributed by atoms with Crippen molar-refractivity contribution in [2.24, 2.45) is 5.92 Å². The maximum atomic E-state index is 12.6. The van der Waals surface area contributed by atoms with Crippen LogP contribution < -0.4 is 5.32 Å². The molecule has 1 N–H and O–H groups in total. The Bertz CT molecular complexity index is 770. The zero-order chi connectivity index (χ0) is 18.0. The van der Waals surface area contributed by atoms with Crippen LogP contribution in [0, 0.1) is 12.8 Å². The van der Waals surface area contributed by atoms with Crippen molar-refractivity contribution < 1.29 is 23.4 Å². The number of methoxy groups -OCH3 is 1. The van der Waals surface area contributed by atoms with E-state index >= 15 is 0 Å². The minimum Gasteiger partial charge on any atom is -0.377 e. The van der Waals surface area contributed by atoms with Crippen molar-refractivity contribution in [2.45, 2.75) is 19.4 Å². The van der Waals surface area contributed by atoms with Crippen molar-refractivity contribution in [2.75, 3.05) is 27.2 Å². The average Bonchev–Trinajstić information content (AvgIpc) is 3.32. The van der Waals surface area contributed by atoms with Crippen LogP contribution in [0.25, 0.3) is 0 Å². The lowest BCUT2D eigenvalue weighted by Gasteiger charge is -2.13. The molecule has 1 aliphatic rings. The van der Waals surface area contributed by atoms with E-state index in [2.05, 4.69) is 20.6 Å². The van der Waals surface area contributed by atoms with Crippen LogP contribution in [0.5, 0.6) is 0 Å². The fourth-order valence-corrected chi connectivity index (χ4v) is 2.91. The lowest BCUT2D eigenvalue weighted by molar-refractivity contribution is -0.124. The number of nitrogens with one attached hydrogen (secondary N) is 1. The van der Waals surface area contributed by atoms with Gasteiger partial charge < -0.3 is 24.0 Å². The summed E-state index contributed by atoms with van der Waals surface area (Å²) in [6.07, 6.45) is 0. The molecule has 2 aromatic heterocycles. The number of carbonyl (C=O) groups is 2. The fraction of sp³-hybridized carbons (Fsp3) is 0.533. The molecular weight excluding hydrogens is 330 g/mol. The molecule has 1 saturated heterocycles. The normalized spacial score (nSPS) is 20.0. The molecule has 10 heteroatoms. The molecule has 10 nitrogen and oxygen atoms in total. The first-order valence-corrected chi connectivity index (χ1v) is 7.79. The highest BCUT2D eigenvalue weighted by Crippen LogP contribution is 2.32. The number of carbonyl (C=O) groups excluding carboxylic acids is 2. The van der Waals surface area contributed by atoms with E-state index in [0.29, 0.717) is 17.5 Å². The predicted molar refractivity (Wildman–Crippen MR) is 82.5 cm³/mol. The third-order valence-corrected chi connectivity index (χ3v) is 4.11. The van der Waals surface area contributed by atoms with Crippen LogP contribution in [0.15, 0.2) is 15.1 Å². The van der Waals surface area contributed by atoms with Gasteiger partial charge in [-0.15, -0.1) is 0 Å². The number of nitrogens with zero attached hydrogens (tertiary/aromatic N) is 4. The van der Waals surface area contributed by atoms with Gasteiger partial charge in [-0.05, 0) is 6.92 Å². The molecule has 134 valence electrons. The first-order valence-electron chi connectivity index (χ1n) is 7.79. The molecule has 3 rings (SSSR count). The van der Waals surface area contributed by atoms with Gasteiger partial charge in [-0.1, -0.05) is 10.3 Å². The highest BCUT2D eigenvalue weighted by atomic mass is 16.5. The van der Waals surface area contributed by atoms with Gasteiger partial charge in [0.2, 0.25) is 11.8 Å². The van der Waals surface area contributed by atoms with Gasteiger partial charge in [0.05, 0.1) is 11.8 Å². The average molecular weight is 349 g/mol. The summed E-state index contributed by atoms with van der Waals surface area (Å²) in [7, 11) is 3.08. The quantitative estimate of drug-likeness (QED) is 0.807. The zero-order valence-electron chi connectivity index (χ0n) is 14.2. The highest BCUT2D eigenvalue weighted by molar-refractivity contribution is 5.93. The van der Waals surface area contributed by atoms with E-state index in [4.69, 9.17) is 13.8 Å². The standard InChI is InChI=1S/C15H19N5O5/c1-8-4-11(18-24-8)15(22)20-5-9(13(21)16-2)10(6-20)14-17-12(7-23-3)19-25-14/h4,9-10H,5-7H2,1-3H3,(H,16,21). The molecule has 2 aromatic rings.